The highest BCUT2D eigenvalue weighted by atomic mass is 16.7. The predicted octanol–water partition coefficient (Wildman–Crippen LogP) is 1.94. The van der Waals surface area contributed by atoms with Gasteiger partial charge in [0.25, 0.3) is 0 Å². The first kappa shape index (κ1) is 12.9. The Labute approximate surface area is 81.0 Å². The normalized spacial score (nSPS) is 10.6. The largest absolute Gasteiger partial charge is 0.394 e. The Morgan fingerprint density at radius 1 is 0.923 bits per heavy atom. The van der Waals surface area contributed by atoms with Gasteiger partial charge in [0, 0.05) is 6.61 Å². The zero-order valence-corrected chi connectivity index (χ0v) is 8.63. The van der Waals surface area contributed by atoms with Crippen LogP contribution in [0.5, 0.6) is 0 Å². The molecule has 80 valence electrons. The van der Waals surface area contributed by atoms with E-state index in [0.717, 1.165) is 13.0 Å². The Hall–Kier alpha value is -0.120. The van der Waals surface area contributed by atoms with Gasteiger partial charge in [-0.3, -0.25) is 0 Å². The molecule has 0 aliphatic carbocycles. The van der Waals surface area contributed by atoms with Crippen molar-refractivity contribution < 1.29 is 14.6 Å². The molecule has 0 fully saturated rings. The third kappa shape index (κ3) is 11.9. The summed E-state index contributed by atoms with van der Waals surface area (Å²) in [5.74, 6) is 0. The molecule has 0 rings (SSSR count). The number of hydrogen-bond acceptors (Lipinski definition) is 3. The minimum Gasteiger partial charge on any atom is -0.394 e. The molecule has 0 aromatic carbocycles. The molecule has 1 N–H and O–H groups in total. The molecule has 0 radical (unpaired) electrons. The molecule has 0 heterocycles. The van der Waals surface area contributed by atoms with Crippen molar-refractivity contribution in [2.45, 2.75) is 39.0 Å². The van der Waals surface area contributed by atoms with Crippen LogP contribution < -0.4 is 0 Å². The lowest BCUT2D eigenvalue weighted by atomic mass is 10.2. The van der Waals surface area contributed by atoms with E-state index >= 15 is 0 Å². The predicted molar refractivity (Wildman–Crippen MR) is 52.6 cm³/mol. The SMILES string of the molecule is CCCCCCCOCOCCO. The Morgan fingerprint density at radius 3 is 2.31 bits per heavy atom. The van der Waals surface area contributed by atoms with Gasteiger partial charge in [-0.25, -0.2) is 0 Å². The van der Waals surface area contributed by atoms with E-state index in [1.165, 1.54) is 25.7 Å². The van der Waals surface area contributed by atoms with Crippen LogP contribution in [-0.4, -0.2) is 31.7 Å². The minimum absolute atomic E-state index is 0.0693. The Kier molecular flexibility index (Phi) is 11.8. The van der Waals surface area contributed by atoms with Crippen molar-refractivity contribution in [3.63, 3.8) is 0 Å². The lowest BCUT2D eigenvalue weighted by Gasteiger charge is -2.03. The summed E-state index contributed by atoms with van der Waals surface area (Å²) in [4.78, 5) is 0. The lowest BCUT2D eigenvalue weighted by molar-refractivity contribution is -0.0630. The molecule has 0 aromatic rings. The minimum atomic E-state index is 0.0693. The van der Waals surface area contributed by atoms with Crippen molar-refractivity contribution >= 4 is 0 Å². The summed E-state index contributed by atoms with van der Waals surface area (Å²) in [6.07, 6.45) is 6.26. The zero-order chi connectivity index (χ0) is 9.78. The molecular weight excluding hydrogens is 168 g/mol. The van der Waals surface area contributed by atoms with Crippen molar-refractivity contribution in [3.8, 4) is 0 Å². The van der Waals surface area contributed by atoms with E-state index in [4.69, 9.17) is 14.6 Å². The average molecular weight is 190 g/mol. The van der Waals surface area contributed by atoms with Gasteiger partial charge in [0.2, 0.25) is 0 Å². The van der Waals surface area contributed by atoms with Crippen molar-refractivity contribution in [1.29, 1.82) is 0 Å². The van der Waals surface area contributed by atoms with E-state index < -0.39 is 0 Å². The maximum Gasteiger partial charge on any atom is 0.146 e. The van der Waals surface area contributed by atoms with Crippen LogP contribution in [-0.2, 0) is 9.47 Å². The molecule has 0 aliphatic heterocycles. The highest BCUT2D eigenvalue weighted by Crippen LogP contribution is 2.02. The smallest absolute Gasteiger partial charge is 0.146 e. The summed E-state index contributed by atoms with van der Waals surface area (Å²) in [7, 11) is 0. The van der Waals surface area contributed by atoms with Gasteiger partial charge in [0.15, 0.2) is 0 Å². The second-order valence-corrected chi connectivity index (χ2v) is 3.07. The van der Waals surface area contributed by atoms with E-state index in [1.807, 2.05) is 0 Å². The summed E-state index contributed by atoms with van der Waals surface area (Å²) in [6, 6.07) is 0. The van der Waals surface area contributed by atoms with Crippen LogP contribution in [0.4, 0.5) is 0 Å². The molecule has 0 aliphatic rings. The number of rotatable bonds is 10. The summed E-state index contributed by atoms with van der Waals surface area (Å²) >= 11 is 0. The van der Waals surface area contributed by atoms with Crippen molar-refractivity contribution in [3.05, 3.63) is 0 Å². The number of unbranched alkanes of at least 4 members (excludes halogenated alkanes) is 4. The number of aliphatic hydroxyl groups is 1. The van der Waals surface area contributed by atoms with E-state index in [1.54, 1.807) is 0 Å². The third-order valence-corrected chi connectivity index (χ3v) is 1.79. The van der Waals surface area contributed by atoms with Gasteiger partial charge in [-0.1, -0.05) is 32.6 Å². The molecule has 0 saturated carbocycles. The van der Waals surface area contributed by atoms with Crippen LogP contribution >= 0.6 is 0 Å². The first-order valence-electron chi connectivity index (χ1n) is 5.18. The maximum absolute atomic E-state index is 8.39. The number of aliphatic hydroxyl groups excluding tert-OH is 1. The van der Waals surface area contributed by atoms with Gasteiger partial charge in [0.05, 0.1) is 13.2 Å². The Morgan fingerprint density at radius 2 is 1.62 bits per heavy atom. The van der Waals surface area contributed by atoms with Crippen molar-refractivity contribution in [2.75, 3.05) is 26.6 Å². The zero-order valence-electron chi connectivity index (χ0n) is 8.63. The molecule has 3 heteroatoms. The van der Waals surface area contributed by atoms with Gasteiger partial charge in [-0.2, -0.15) is 0 Å². The van der Waals surface area contributed by atoms with E-state index in [2.05, 4.69) is 6.92 Å². The summed E-state index contributed by atoms with van der Waals surface area (Å²) < 4.78 is 10.1. The van der Waals surface area contributed by atoms with Crippen LogP contribution in [0.25, 0.3) is 0 Å². The fourth-order valence-electron chi connectivity index (χ4n) is 1.05. The summed E-state index contributed by atoms with van der Waals surface area (Å²) in [5.41, 5.74) is 0. The monoisotopic (exact) mass is 190 g/mol. The van der Waals surface area contributed by atoms with Crippen LogP contribution in [0.3, 0.4) is 0 Å². The highest BCUT2D eigenvalue weighted by molar-refractivity contribution is 4.40. The number of hydrogen-bond donors (Lipinski definition) is 1. The van der Waals surface area contributed by atoms with Gasteiger partial charge < -0.3 is 14.6 Å². The average Bonchev–Trinajstić information content (AvgIpc) is 2.16. The molecular formula is C10H22O3. The second-order valence-electron chi connectivity index (χ2n) is 3.07. The van der Waals surface area contributed by atoms with Crippen molar-refractivity contribution in [2.24, 2.45) is 0 Å². The molecule has 0 amide bonds. The fourth-order valence-corrected chi connectivity index (χ4v) is 1.05. The molecule has 0 bridgehead atoms. The quantitative estimate of drug-likeness (QED) is 0.422. The van der Waals surface area contributed by atoms with E-state index in [0.29, 0.717) is 13.4 Å². The van der Waals surface area contributed by atoms with Gasteiger partial charge in [0.1, 0.15) is 6.79 Å². The summed E-state index contributed by atoms with van der Waals surface area (Å²) in [5, 5.41) is 8.39. The highest BCUT2D eigenvalue weighted by Gasteiger charge is 1.90. The van der Waals surface area contributed by atoms with Crippen LogP contribution in [0, 0.1) is 0 Å². The topological polar surface area (TPSA) is 38.7 Å². The van der Waals surface area contributed by atoms with E-state index in [9.17, 15) is 0 Å². The second kappa shape index (κ2) is 11.9. The van der Waals surface area contributed by atoms with Crippen LogP contribution in [0.2, 0.25) is 0 Å². The molecule has 13 heavy (non-hydrogen) atoms. The lowest BCUT2D eigenvalue weighted by Crippen LogP contribution is -2.05. The van der Waals surface area contributed by atoms with Crippen LogP contribution in [0.1, 0.15) is 39.0 Å². The van der Waals surface area contributed by atoms with E-state index in [-0.39, 0.29) is 6.61 Å². The Balaban J connectivity index is 2.76. The molecule has 0 unspecified atom stereocenters. The van der Waals surface area contributed by atoms with Crippen molar-refractivity contribution in [1.82, 2.24) is 0 Å². The summed E-state index contributed by atoms with van der Waals surface area (Å²) in [6.45, 7) is 3.73. The molecule has 0 saturated heterocycles. The fraction of sp³-hybridized carbons (Fsp3) is 1.00. The molecule has 0 aromatic heterocycles. The third-order valence-electron chi connectivity index (χ3n) is 1.79. The Bertz CT molecular complexity index is 76.2. The molecule has 3 nitrogen and oxygen atoms in total. The maximum atomic E-state index is 8.39. The standard InChI is InChI=1S/C10H22O3/c1-2-3-4-5-6-8-12-10-13-9-7-11/h11H,2-10H2,1H3. The molecule has 0 atom stereocenters. The van der Waals surface area contributed by atoms with Crippen LogP contribution in [0.15, 0.2) is 0 Å². The first-order valence-corrected chi connectivity index (χ1v) is 5.18. The van der Waals surface area contributed by atoms with Gasteiger partial charge in [-0.15, -0.1) is 0 Å². The number of ether oxygens (including phenoxy) is 2. The molecule has 0 spiro atoms. The van der Waals surface area contributed by atoms with Gasteiger partial charge >= 0.3 is 0 Å². The first-order chi connectivity index (χ1) is 6.41. The van der Waals surface area contributed by atoms with Gasteiger partial charge in [-0.05, 0) is 6.42 Å².